The number of hydrogen-bond acceptors (Lipinski definition) is 8. The maximum Gasteiger partial charge on any atom is 0.341 e. The number of esters is 1. The Balaban J connectivity index is 1.43. The summed E-state index contributed by atoms with van der Waals surface area (Å²) in [6.07, 6.45) is 6.93. The van der Waals surface area contributed by atoms with Crippen molar-refractivity contribution in [3.05, 3.63) is 51.7 Å². The van der Waals surface area contributed by atoms with Crippen LogP contribution in [0, 0.1) is 0 Å². The van der Waals surface area contributed by atoms with Crippen molar-refractivity contribution in [1.82, 2.24) is 14.8 Å². The number of thiophene rings is 1. The van der Waals surface area contributed by atoms with Gasteiger partial charge in [0.25, 0.3) is 0 Å². The van der Waals surface area contributed by atoms with Crippen LogP contribution in [-0.4, -0.2) is 39.5 Å². The Morgan fingerprint density at radius 1 is 1.11 bits per heavy atom. The fourth-order valence-electron chi connectivity index (χ4n) is 4.68. The van der Waals surface area contributed by atoms with Crippen molar-refractivity contribution < 1.29 is 19.1 Å². The minimum absolute atomic E-state index is 0.148. The van der Waals surface area contributed by atoms with Crippen LogP contribution in [0.5, 0.6) is 5.75 Å². The van der Waals surface area contributed by atoms with Gasteiger partial charge < -0.3 is 19.4 Å². The molecule has 1 aliphatic rings. The normalized spacial score (nSPS) is 14.2. The van der Waals surface area contributed by atoms with Gasteiger partial charge in [-0.1, -0.05) is 43.7 Å². The van der Waals surface area contributed by atoms with E-state index in [0.717, 1.165) is 49.8 Å². The minimum Gasteiger partial charge on any atom is -0.483 e. The van der Waals surface area contributed by atoms with E-state index in [1.807, 2.05) is 30.5 Å². The van der Waals surface area contributed by atoms with Gasteiger partial charge in [0.1, 0.15) is 10.8 Å². The van der Waals surface area contributed by atoms with Gasteiger partial charge in [-0.2, -0.15) is 0 Å². The Morgan fingerprint density at radius 2 is 1.84 bits per heavy atom. The lowest BCUT2D eigenvalue weighted by Gasteiger charge is -2.16. The molecule has 10 heteroatoms. The molecule has 1 aliphatic carbocycles. The van der Waals surface area contributed by atoms with E-state index in [0.29, 0.717) is 28.1 Å². The second-order valence-corrected chi connectivity index (χ2v) is 11.3. The fourth-order valence-corrected chi connectivity index (χ4v) is 6.79. The summed E-state index contributed by atoms with van der Waals surface area (Å²) in [7, 11) is 1.39. The topological polar surface area (TPSA) is 95.3 Å². The van der Waals surface area contributed by atoms with E-state index in [9.17, 15) is 9.59 Å². The third-order valence-electron chi connectivity index (χ3n) is 6.72. The first kappa shape index (κ1) is 28.2. The van der Waals surface area contributed by atoms with Crippen molar-refractivity contribution in [3.8, 4) is 5.75 Å². The molecule has 1 aromatic carbocycles. The lowest BCUT2D eigenvalue weighted by atomic mass is 9.96. The highest BCUT2D eigenvalue weighted by atomic mass is 32.2. The number of benzene rings is 1. The first-order chi connectivity index (χ1) is 18.4. The molecule has 1 unspecified atom stereocenters. The Hall–Kier alpha value is -2.85. The zero-order valence-corrected chi connectivity index (χ0v) is 24.2. The van der Waals surface area contributed by atoms with E-state index in [4.69, 9.17) is 9.47 Å². The summed E-state index contributed by atoms with van der Waals surface area (Å²) in [6, 6.07) is 8.06. The van der Waals surface area contributed by atoms with Gasteiger partial charge in [-0.05, 0) is 69.2 Å². The van der Waals surface area contributed by atoms with E-state index in [1.165, 1.54) is 47.1 Å². The quantitative estimate of drug-likeness (QED) is 0.233. The first-order valence-corrected chi connectivity index (χ1v) is 15.1. The fraction of sp³-hybridized carbons (Fsp3) is 0.500. The summed E-state index contributed by atoms with van der Waals surface area (Å²) < 4.78 is 13.2. The van der Waals surface area contributed by atoms with Crippen molar-refractivity contribution in [2.75, 3.05) is 18.2 Å². The zero-order valence-electron chi connectivity index (χ0n) is 22.5. The number of carbonyl (C=O) groups is 2. The highest BCUT2D eigenvalue weighted by Gasteiger charge is 2.26. The second kappa shape index (κ2) is 13.3. The molecule has 0 saturated carbocycles. The summed E-state index contributed by atoms with van der Waals surface area (Å²) in [5, 5.41) is 12.9. The van der Waals surface area contributed by atoms with Gasteiger partial charge >= 0.3 is 5.97 Å². The van der Waals surface area contributed by atoms with Crippen LogP contribution in [0.15, 0.2) is 29.4 Å². The molecule has 38 heavy (non-hydrogen) atoms. The molecular formula is C28H36N4O4S2. The molecule has 204 valence electrons. The molecule has 0 radical (unpaired) electrons. The predicted octanol–water partition coefficient (Wildman–Crippen LogP) is 6.24. The smallest absolute Gasteiger partial charge is 0.341 e. The van der Waals surface area contributed by atoms with Gasteiger partial charge in [0.2, 0.25) is 5.91 Å². The molecule has 8 nitrogen and oxygen atoms in total. The van der Waals surface area contributed by atoms with Crippen molar-refractivity contribution in [2.45, 2.75) is 83.5 Å². The number of nitrogens with one attached hydrogen (secondary N) is 1. The lowest BCUT2D eigenvalue weighted by molar-refractivity contribution is -0.113. The lowest BCUT2D eigenvalue weighted by Crippen LogP contribution is -2.17. The van der Waals surface area contributed by atoms with Crippen molar-refractivity contribution in [1.29, 1.82) is 0 Å². The molecule has 0 fully saturated rings. The standard InChI is InChI=1S/C28H36N4O4S2/c1-5-19-13-15-20(16-14-19)36-18(3)25-30-31-28(32(25)6-2)37-17-23(33)29-26-24(27(34)35-4)21-11-9-7-8-10-12-22(21)38-26/h13-16,18H,5-12,17H2,1-4H3,(H,29,33). The van der Waals surface area contributed by atoms with E-state index >= 15 is 0 Å². The highest BCUT2D eigenvalue weighted by Crippen LogP contribution is 2.37. The average molecular weight is 557 g/mol. The summed E-state index contributed by atoms with van der Waals surface area (Å²) in [5.41, 5.74) is 2.81. The predicted molar refractivity (Wildman–Crippen MR) is 151 cm³/mol. The Kier molecular flexibility index (Phi) is 9.85. The SMILES string of the molecule is CCc1ccc(OC(C)c2nnc(SCC(=O)Nc3sc4c(c3C(=O)OC)CCCCCC4)n2CC)cc1. The maximum atomic E-state index is 13.0. The number of hydrogen-bond donors (Lipinski definition) is 1. The minimum atomic E-state index is -0.389. The monoisotopic (exact) mass is 556 g/mol. The van der Waals surface area contributed by atoms with Crippen LogP contribution >= 0.6 is 23.1 Å². The van der Waals surface area contributed by atoms with Gasteiger partial charge in [0.15, 0.2) is 17.1 Å². The maximum absolute atomic E-state index is 13.0. The Bertz CT molecular complexity index is 1250. The van der Waals surface area contributed by atoms with Gasteiger partial charge in [0, 0.05) is 11.4 Å². The van der Waals surface area contributed by atoms with Crippen LogP contribution in [0.3, 0.4) is 0 Å². The van der Waals surface area contributed by atoms with Gasteiger partial charge in [-0.3, -0.25) is 4.79 Å². The first-order valence-electron chi connectivity index (χ1n) is 13.3. The van der Waals surface area contributed by atoms with Crippen molar-refractivity contribution in [2.24, 2.45) is 0 Å². The molecular weight excluding hydrogens is 520 g/mol. The second-order valence-electron chi connectivity index (χ2n) is 9.29. The molecule has 1 atom stereocenters. The van der Waals surface area contributed by atoms with Gasteiger partial charge in [0.05, 0.1) is 18.4 Å². The van der Waals surface area contributed by atoms with E-state index in [2.05, 4.69) is 34.6 Å². The summed E-state index contributed by atoms with van der Waals surface area (Å²) in [6.45, 7) is 6.74. The Morgan fingerprint density at radius 3 is 2.53 bits per heavy atom. The molecule has 0 aliphatic heterocycles. The zero-order chi connectivity index (χ0) is 27.1. The third-order valence-corrected chi connectivity index (χ3v) is 8.89. The number of fused-ring (bicyclic) bond motifs is 1. The van der Waals surface area contributed by atoms with Crippen LogP contribution in [0.4, 0.5) is 5.00 Å². The molecule has 0 saturated heterocycles. The summed E-state index contributed by atoms with van der Waals surface area (Å²) >= 11 is 2.83. The molecule has 4 rings (SSSR count). The number of rotatable bonds is 10. The molecule has 3 aromatic rings. The molecule has 2 aromatic heterocycles. The third kappa shape index (κ3) is 6.58. The van der Waals surface area contributed by atoms with Gasteiger partial charge in [-0.15, -0.1) is 21.5 Å². The number of carbonyl (C=O) groups excluding carboxylic acids is 2. The molecule has 0 bridgehead atoms. The number of anilines is 1. The number of aryl methyl sites for hydroxylation is 2. The Labute approximate surface area is 232 Å². The summed E-state index contributed by atoms with van der Waals surface area (Å²) in [5.74, 6) is 1.05. The van der Waals surface area contributed by atoms with Crippen LogP contribution < -0.4 is 10.1 Å². The van der Waals surface area contributed by atoms with E-state index in [-0.39, 0.29) is 23.7 Å². The molecule has 1 N–H and O–H groups in total. The van der Waals surface area contributed by atoms with Crippen LogP contribution in [0.25, 0.3) is 0 Å². The highest BCUT2D eigenvalue weighted by molar-refractivity contribution is 7.99. The molecule has 2 heterocycles. The molecule has 0 spiro atoms. The number of nitrogens with zero attached hydrogens (tertiary/aromatic N) is 3. The summed E-state index contributed by atoms with van der Waals surface area (Å²) in [4.78, 5) is 26.8. The number of aromatic nitrogens is 3. The average Bonchev–Trinajstić information content (AvgIpc) is 3.47. The molecule has 1 amide bonds. The van der Waals surface area contributed by atoms with E-state index in [1.54, 1.807) is 0 Å². The largest absolute Gasteiger partial charge is 0.483 e. The van der Waals surface area contributed by atoms with Crippen molar-refractivity contribution >= 4 is 40.0 Å². The number of thioether (sulfide) groups is 1. The van der Waals surface area contributed by atoms with Crippen LogP contribution in [0.2, 0.25) is 0 Å². The number of methoxy groups -OCH3 is 1. The number of amides is 1. The van der Waals surface area contributed by atoms with Crippen molar-refractivity contribution in [3.63, 3.8) is 0 Å². The van der Waals surface area contributed by atoms with Crippen LogP contribution in [0.1, 0.15) is 84.7 Å². The van der Waals surface area contributed by atoms with Gasteiger partial charge in [-0.25, -0.2) is 4.79 Å². The van der Waals surface area contributed by atoms with E-state index < -0.39 is 0 Å². The number of ether oxygens (including phenoxy) is 2. The van der Waals surface area contributed by atoms with Crippen LogP contribution in [-0.2, 0) is 35.3 Å².